The standard InChI is InChI=1S/C17H15FN4O3S/c1-11-8-21-15(10-20-11)17(22-16(23)12-5-6-19-9-12)26(24,25)14-4-2-3-13(18)7-14/h2-10,17,19H,1H3,(H,22,23). The van der Waals surface area contributed by atoms with E-state index < -0.39 is 26.9 Å². The van der Waals surface area contributed by atoms with Gasteiger partial charge in [0.15, 0.2) is 5.37 Å². The summed E-state index contributed by atoms with van der Waals surface area (Å²) in [6.45, 7) is 1.70. The molecule has 3 rings (SSSR count). The molecule has 0 bridgehead atoms. The van der Waals surface area contributed by atoms with Gasteiger partial charge in [-0.1, -0.05) is 6.07 Å². The van der Waals surface area contributed by atoms with Gasteiger partial charge in [-0.3, -0.25) is 14.8 Å². The van der Waals surface area contributed by atoms with Gasteiger partial charge in [-0.25, -0.2) is 12.8 Å². The molecule has 0 spiro atoms. The number of carbonyl (C=O) groups is 1. The fraction of sp³-hybridized carbons (Fsp3) is 0.118. The molecule has 1 unspecified atom stereocenters. The van der Waals surface area contributed by atoms with Crippen LogP contribution >= 0.6 is 0 Å². The lowest BCUT2D eigenvalue weighted by Crippen LogP contribution is -2.34. The van der Waals surface area contributed by atoms with Crippen LogP contribution in [0.25, 0.3) is 0 Å². The first-order chi connectivity index (χ1) is 12.4. The van der Waals surface area contributed by atoms with Gasteiger partial charge >= 0.3 is 0 Å². The van der Waals surface area contributed by atoms with E-state index in [4.69, 9.17) is 0 Å². The van der Waals surface area contributed by atoms with E-state index in [1.54, 1.807) is 6.92 Å². The van der Waals surface area contributed by atoms with Crippen molar-refractivity contribution in [1.82, 2.24) is 20.3 Å². The number of halogens is 1. The summed E-state index contributed by atoms with van der Waals surface area (Å²) < 4.78 is 39.6. The Hall–Kier alpha value is -3.07. The molecule has 1 atom stereocenters. The van der Waals surface area contributed by atoms with Gasteiger partial charge in [0.25, 0.3) is 5.91 Å². The molecule has 26 heavy (non-hydrogen) atoms. The number of hydrogen-bond donors (Lipinski definition) is 2. The highest BCUT2D eigenvalue weighted by Gasteiger charge is 2.32. The van der Waals surface area contributed by atoms with E-state index in [9.17, 15) is 17.6 Å². The zero-order chi connectivity index (χ0) is 18.7. The number of carbonyl (C=O) groups excluding carboxylic acids is 1. The second kappa shape index (κ2) is 7.04. The summed E-state index contributed by atoms with van der Waals surface area (Å²) in [5.74, 6) is -1.31. The van der Waals surface area contributed by atoms with Crippen molar-refractivity contribution < 1.29 is 17.6 Å². The SMILES string of the molecule is Cc1cnc(C(NC(=O)c2cc[nH]c2)S(=O)(=O)c2cccc(F)c2)cn1. The minimum Gasteiger partial charge on any atom is -0.367 e. The lowest BCUT2D eigenvalue weighted by Gasteiger charge is -2.18. The minimum absolute atomic E-state index is 0.0312. The summed E-state index contributed by atoms with van der Waals surface area (Å²) in [5.41, 5.74) is 0.876. The molecule has 0 aliphatic rings. The predicted molar refractivity (Wildman–Crippen MR) is 91.4 cm³/mol. The van der Waals surface area contributed by atoms with Gasteiger partial charge in [0.05, 0.1) is 28.0 Å². The van der Waals surface area contributed by atoms with Crippen molar-refractivity contribution in [3.05, 3.63) is 77.9 Å². The summed E-state index contributed by atoms with van der Waals surface area (Å²) in [4.78, 5) is 22.9. The van der Waals surface area contributed by atoms with Crippen molar-refractivity contribution >= 4 is 15.7 Å². The van der Waals surface area contributed by atoms with E-state index in [1.807, 2.05) is 0 Å². The molecule has 0 radical (unpaired) electrons. The largest absolute Gasteiger partial charge is 0.367 e. The van der Waals surface area contributed by atoms with Crippen LogP contribution in [-0.2, 0) is 9.84 Å². The predicted octanol–water partition coefficient (Wildman–Crippen LogP) is 2.15. The molecule has 1 amide bonds. The Morgan fingerprint density at radius 3 is 2.65 bits per heavy atom. The number of aromatic amines is 1. The van der Waals surface area contributed by atoms with Crippen LogP contribution in [0.2, 0.25) is 0 Å². The highest BCUT2D eigenvalue weighted by atomic mass is 32.2. The van der Waals surface area contributed by atoms with Gasteiger partial charge in [-0.05, 0) is 31.2 Å². The maximum Gasteiger partial charge on any atom is 0.254 e. The first kappa shape index (κ1) is 17.7. The van der Waals surface area contributed by atoms with E-state index in [0.717, 1.165) is 12.1 Å². The molecule has 9 heteroatoms. The number of hydrogen-bond acceptors (Lipinski definition) is 5. The topological polar surface area (TPSA) is 105 Å². The highest BCUT2D eigenvalue weighted by Crippen LogP contribution is 2.26. The summed E-state index contributed by atoms with van der Waals surface area (Å²) in [5, 5.41) is 0.927. The number of aryl methyl sites for hydroxylation is 1. The number of H-pyrrole nitrogens is 1. The summed E-state index contributed by atoms with van der Waals surface area (Å²) in [7, 11) is -4.16. The van der Waals surface area contributed by atoms with Crippen molar-refractivity contribution in [3.8, 4) is 0 Å². The highest BCUT2D eigenvalue weighted by molar-refractivity contribution is 7.91. The van der Waals surface area contributed by atoms with Crippen LogP contribution in [0.15, 0.2) is 60.0 Å². The van der Waals surface area contributed by atoms with Crippen LogP contribution in [0.1, 0.15) is 27.1 Å². The quantitative estimate of drug-likeness (QED) is 0.712. The normalized spacial score (nSPS) is 12.5. The third kappa shape index (κ3) is 3.62. The van der Waals surface area contributed by atoms with Crippen molar-refractivity contribution in [2.45, 2.75) is 17.2 Å². The first-order valence-corrected chi connectivity index (χ1v) is 9.14. The monoisotopic (exact) mass is 374 g/mol. The first-order valence-electron chi connectivity index (χ1n) is 7.59. The maximum atomic E-state index is 13.5. The molecule has 1 aromatic carbocycles. The number of nitrogens with one attached hydrogen (secondary N) is 2. The summed E-state index contributed by atoms with van der Waals surface area (Å²) in [6.07, 6.45) is 5.64. The van der Waals surface area contributed by atoms with Crippen LogP contribution in [-0.4, -0.2) is 29.3 Å². The van der Waals surface area contributed by atoms with E-state index in [1.165, 1.54) is 43.0 Å². The van der Waals surface area contributed by atoms with Gasteiger partial charge in [0.1, 0.15) is 5.82 Å². The zero-order valence-corrected chi connectivity index (χ0v) is 14.5. The smallest absolute Gasteiger partial charge is 0.254 e. The van der Waals surface area contributed by atoms with Crippen LogP contribution in [0.4, 0.5) is 4.39 Å². The lowest BCUT2D eigenvalue weighted by atomic mass is 10.3. The van der Waals surface area contributed by atoms with Gasteiger partial charge < -0.3 is 10.3 Å². The number of nitrogens with zero attached hydrogens (tertiary/aromatic N) is 2. The van der Waals surface area contributed by atoms with Crippen molar-refractivity contribution in [2.24, 2.45) is 0 Å². The molecule has 2 N–H and O–H groups in total. The average molecular weight is 374 g/mol. The van der Waals surface area contributed by atoms with Gasteiger partial charge in [0, 0.05) is 18.6 Å². The maximum absolute atomic E-state index is 13.5. The van der Waals surface area contributed by atoms with E-state index in [0.29, 0.717) is 5.69 Å². The molecule has 134 valence electrons. The Morgan fingerprint density at radius 1 is 1.23 bits per heavy atom. The zero-order valence-electron chi connectivity index (χ0n) is 13.7. The van der Waals surface area contributed by atoms with Crippen LogP contribution in [0.3, 0.4) is 0 Å². The lowest BCUT2D eigenvalue weighted by molar-refractivity contribution is 0.0947. The van der Waals surface area contributed by atoms with Crippen LogP contribution in [0.5, 0.6) is 0 Å². The Labute approximate surface area is 149 Å². The van der Waals surface area contributed by atoms with E-state index in [-0.39, 0.29) is 16.2 Å². The van der Waals surface area contributed by atoms with E-state index >= 15 is 0 Å². The molecule has 2 aromatic heterocycles. The number of rotatable bonds is 5. The Kier molecular flexibility index (Phi) is 4.81. The van der Waals surface area contributed by atoms with Crippen LogP contribution < -0.4 is 5.32 Å². The second-order valence-corrected chi connectivity index (χ2v) is 7.57. The molecule has 7 nitrogen and oxygen atoms in total. The molecule has 0 aliphatic heterocycles. The molecular weight excluding hydrogens is 359 g/mol. The number of amides is 1. The van der Waals surface area contributed by atoms with Crippen molar-refractivity contribution in [1.29, 1.82) is 0 Å². The average Bonchev–Trinajstić information content (AvgIpc) is 3.15. The fourth-order valence-corrected chi connectivity index (χ4v) is 3.82. The molecule has 0 fully saturated rings. The summed E-state index contributed by atoms with van der Waals surface area (Å²) >= 11 is 0. The molecular formula is C17H15FN4O3S. The molecule has 3 aromatic rings. The molecule has 0 saturated heterocycles. The Morgan fingerprint density at radius 2 is 2.04 bits per heavy atom. The minimum atomic E-state index is -4.16. The van der Waals surface area contributed by atoms with Gasteiger partial charge in [-0.2, -0.15) is 0 Å². The van der Waals surface area contributed by atoms with Crippen molar-refractivity contribution in [3.63, 3.8) is 0 Å². The van der Waals surface area contributed by atoms with E-state index in [2.05, 4.69) is 20.3 Å². The molecule has 0 aliphatic carbocycles. The van der Waals surface area contributed by atoms with Crippen LogP contribution in [0, 0.1) is 12.7 Å². The van der Waals surface area contributed by atoms with Gasteiger partial charge in [-0.15, -0.1) is 0 Å². The fourth-order valence-electron chi connectivity index (χ4n) is 2.30. The second-order valence-electron chi connectivity index (χ2n) is 5.54. The number of aromatic nitrogens is 3. The van der Waals surface area contributed by atoms with Gasteiger partial charge in [0.2, 0.25) is 9.84 Å². The van der Waals surface area contributed by atoms with Crippen molar-refractivity contribution in [2.75, 3.05) is 0 Å². The number of benzene rings is 1. The Balaban J connectivity index is 2.05. The molecule has 2 heterocycles. The number of sulfone groups is 1. The Bertz CT molecular complexity index is 1020. The third-order valence-electron chi connectivity index (χ3n) is 3.63. The molecule has 0 saturated carbocycles. The third-order valence-corrected chi connectivity index (χ3v) is 5.52. The summed E-state index contributed by atoms with van der Waals surface area (Å²) in [6, 6.07) is 6.08.